The Morgan fingerprint density at radius 2 is 2.50 bits per heavy atom. The first-order chi connectivity index (χ1) is 4.83. The second-order valence-electron chi connectivity index (χ2n) is 2.12. The zero-order valence-electron chi connectivity index (χ0n) is 6.29. The van der Waals surface area contributed by atoms with Crippen molar-refractivity contribution >= 4 is 17.4 Å². The first kappa shape index (κ1) is 7.48. The molecule has 10 heavy (non-hydrogen) atoms. The third-order valence-corrected chi connectivity index (χ3v) is 2.01. The highest BCUT2D eigenvalue weighted by molar-refractivity contribution is 7.12. The van der Waals surface area contributed by atoms with Crippen LogP contribution in [0, 0.1) is 6.92 Å². The van der Waals surface area contributed by atoms with Crippen LogP contribution < -0.4 is 0 Å². The van der Waals surface area contributed by atoms with Gasteiger partial charge in [-0.25, -0.2) is 4.98 Å². The molecule has 0 aliphatic rings. The highest BCUT2D eigenvalue weighted by Gasteiger charge is 1.90. The van der Waals surface area contributed by atoms with Gasteiger partial charge >= 0.3 is 0 Å². The SMILES string of the molecule is CC/C=C/c1ncc(C)s1. The largest absolute Gasteiger partial charge is 0.245 e. The molecular weight excluding hydrogens is 142 g/mol. The Labute approximate surface area is 65.4 Å². The van der Waals surface area contributed by atoms with Gasteiger partial charge in [-0.05, 0) is 19.4 Å². The van der Waals surface area contributed by atoms with Gasteiger partial charge in [-0.15, -0.1) is 11.3 Å². The van der Waals surface area contributed by atoms with Crippen LogP contribution >= 0.6 is 11.3 Å². The van der Waals surface area contributed by atoms with E-state index in [9.17, 15) is 0 Å². The third-order valence-electron chi connectivity index (χ3n) is 1.14. The quantitative estimate of drug-likeness (QED) is 0.636. The van der Waals surface area contributed by atoms with E-state index in [2.05, 4.69) is 31.0 Å². The standard InChI is InChI=1S/C8H11NS/c1-3-4-5-8-9-6-7(2)10-8/h4-6H,3H2,1-2H3/b5-4+. The summed E-state index contributed by atoms with van der Waals surface area (Å²) in [7, 11) is 0. The van der Waals surface area contributed by atoms with E-state index in [-0.39, 0.29) is 0 Å². The lowest BCUT2D eigenvalue weighted by Gasteiger charge is -1.78. The Balaban J connectivity index is 2.67. The maximum Gasteiger partial charge on any atom is 0.115 e. The molecular formula is C8H11NS. The number of hydrogen-bond donors (Lipinski definition) is 0. The lowest BCUT2D eigenvalue weighted by Crippen LogP contribution is -1.62. The molecule has 1 aromatic rings. The van der Waals surface area contributed by atoms with Crippen molar-refractivity contribution in [2.75, 3.05) is 0 Å². The van der Waals surface area contributed by atoms with Crippen LogP contribution in [0.3, 0.4) is 0 Å². The molecule has 0 bridgehead atoms. The molecule has 1 aromatic heterocycles. The molecule has 0 fully saturated rings. The molecule has 1 nitrogen and oxygen atoms in total. The molecule has 0 atom stereocenters. The van der Waals surface area contributed by atoms with Crippen molar-refractivity contribution in [3.05, 3.63) is 22.2 Å². The minimum absolute atomic E-state index is 1.08. The van der Waals surface area contributed by atoms with E-state index in [0.29, 0.717) is 0 Å². The maximum atomic E-state index is 4.19. The highest BCUT2D eigenvalue weighted by atomic mass is 32.1. The van der Waals surface area contributed by atoms with E-state index < -0.39 is 0 Å². The van der Waals surface area contributed by atoms with Crippen LogP contribution in [-0.4, -0.2) is 4.98 Å². The molecule has 0 unspecified atom stereocenters. The minimum Gasteiger partial charge on any atom is -0.245 e. The molecule has 0 aliphatic carbocycles. The predicted octanol–water partition coefficient (Wildman–Crippen LogP) is 2.87. The molecule has 0 spiro atoms. The van der Waals surface area contributed by atoms with Gasteiger partial charge in [0.05, 0.1) is 0 Å². The minimum atomic E-state index is 1.08. The maximum absolute atomic E-state index is 4.19. The monoisotopic (exact) mass is 153 g/mol. The number of aromatic nitrogens is 1. The van der Waals surface area contributed by atoms with E-state index in [4.69, 9.17) is 0 Å². The molecule has 1 heterocycles. The van der Waals surface area contributed by atoms with Crippen molar-refractivity contribution in [2.45, 2.75) is 20.3 Å². The number of nitrogens with zero attached hydrogens (tertiary/aromatic N) is 1. The summed E-state index contributed by atoms with van der Waals surface area (Å²) in [4.78, 5) is 5.46. The van der Waals surface area contributed by atoms with E-state index in [1.807, 2.05) is 6.20 Å². The van der Waals surface area contributed by atoms with Gasteiger partial charge in [0.2, 0.25) is 0 Å². The Hall–Kier alpha value is -0.630. The summed E-state index contributed by atoms with van der Waals surface area (Å²) in [5, 5.41) is 1.11. The first-order valence-corrected chi connectivity index (χ1v) is 4.23. The number of aryl methyl sites for hydroxylation is 1. The van der Waals surface area contributed by atoms with Gasteiger partial charge in [0, 0.05) is 11.1 Å². The summed E-state index contributed by atoms with van der Waals surface area (Å²) in [6.45, 7) is 4.19. The lowest BCUT2D eigenvalue weighted by molar-refractivity contribution is 1.23. The zero-order chi connectivity index (χ0) is 7.40. The molecule has 54 valence electrons. The fraction of sp³-hybridized carbons (Fsp3) is 0.375. The smallest absolute Gasteiger partial charge is 0.115 e. The van der Waals surface area contributed by atoms with Crippen molar-refractivity contribution in [3.63, 3.8) is 0 Å². The first-order valence-electron chi connectivity index (χ1n) is 3.42. The van der Waals surface area contributed by atoms with Gasteiger partial charge in [0.15, 0.2) is 0 Å². The predicted molar refractivity (Wildman–Crippen MR) is 46.2 cm³/mol. The van der Waals surface area contributed by atoms with Crippen LogP contribution in [0.25, 0.3) is 6.08 Å². The topological polar surface area (TPSA) is 12.9 Å². The Morgan fingerprint density at radius 1 is 1.70 bits per heavy atom. The molecule has 0 saturated carbocycles. The van der Waals surface area contributed by atoms with Crippen molar-refractivity contribution in [3.8, 4) is 0 Å². The molecule has 0 aliphatic heterocycles. The summed E-state index contributed by atoms with van der Waals surface area (Å²) in [5.74, 6) is 0. The summed E-state index contributed by atoms with van der Waals surface area (Å²) in [6, 6.07) is 0. The van der Waals surface area contributed by atoms with Crippen LogP contribution in [0.5, 0.6) is 0 Å². The fourth-order valence-electron chi connectivity index (χ4n) is 0.668. The van der Waals surface area contributed by atoms with E-state index in [0.717, 1.165) is 11.4 Å². The Bertz CT molecular complexity index is 225. The van der Waals surface area contributed by atoms with Crippen molar-refractivity contribution in [2.24, 2.45) is 0 Å². The Kier molecular flexibility index (Phi) is 2.63. The van der Waals surface area contributed by atoms with Gasteiger partial charge in [0.25, 0.3) is 0 Å². The van der Waals surface area contributed by atoms with Crippen LogP contribution in [0.2, 0.25) is 0 Å². The average molecular weight is 153 g/mol. The van der Waals surface area contributed by atoms with Crippen LogP contribution in [0.15, 0.2) is 12.3 Å². The normalized spacial score (nSPS) is 11.0. The number of thiazole rings is 1. The number of allylic oxidation sites excluding steroid dienone is 1. The van der Waals surface area contributed by atoms with Crippen molar-refractivity contribution < 1.29 is 0 Å². The van der Waals surface area contributed by atoms with Crippen molar-refractivity contribution in [1.82, 2.24) is 4.98 Å². The molecule has 0 radical (unpaired) electrons. The van der Waals surface area contributed by atoms with E-state index >= 15 is 0 Å². The van der Waals surface area contributed by atoms with Crippen molar-refractivity contribution in [1.29, 1.82) is 0 Å². The average Bonchev–Trinajstić information content (AvgIpc) is 2.31. The second kappa shape index (κ2) is 3.52. The molecule has 0 amide bonds. The number of hydrogen-bond acceptors (Lipinski definition) is 2. The van der Waals surface area contributed by atoms with E-state index in [1.165, 1.54) is 4.88 Å². The van der Waals surface area contributed by atoms with Gasteiger partial charge in [-0.2, -0.15) is 0 Å². The van der Waals surface area contributed by atoms with Gasteiger partial charge in [-0.3, -0.25) is 0 Å². The van der Waals surface area contributed by atoms with Gasteiger partial charge in [-0.1, -0.05) is 13.0 Å². The molecule has 2 heteroatoms. The summed E-state index contributed by atoms with van der Waals surface area (Å²) in [5.41, 5.74) is 0. The Morgan fingerprint density at radius 3 is 3.00 bits per heavy atom. The molecule has 0 N–H and O–H groups in total. The highest BCUT2D eigenvalue weighted by Crippen LogP contribution is 2.12. The summed E-state index contributed by atoms with van der Waals surface area (Å²) >= 11 is 1.73. The summed E-state index contributed by atoms with van der Waals surface area (Å²) in [6.07, 6.45) is 7.18. The zero-order valence-corrected chi connectivity index (χ0v) is 7.11. The molecule has 0 aromatic carbocycles. The molecule has 1 rings (SSSR count). The molecule has 0 saturated heterocycles. The fourth-order valence-corrected chi connectivity index (χ4v) is 1.37. The lowest BCUT2D eigenvalue weighted by atomic mass is 10.4. The number of rotatable bonds is 2. The van der Waals surface area contributed by atoms with Crippen LogP contribution in [0.4, 0.5) is 0 Å². The van der Waals surface area contributed by atoms with Gasteiger partial charge in [0.1, 0.15) is 5.01 Å². The second-order valence-corrected chi connectivity index (χ2v) is 3.39. The summed E-state index contributed by atoms with van der Waals surface area (Å²) < 4.78 is 0. The van der Waals surface area contributed by atoms with Gasteiger partial charge < -0.3 is 0 Å². The third kappa shape index (κ3) is 1.95. The van der Waals surface area contributed by atoms with Crippen LogP contribution in [-0.2, 0) is 0 Å². The van der Waals surface area contributed by atoms with E-state index in [1.54, 1.807) is 11.3 Å². The van der Waals surface area contributed by atoms with Crippen LogP contribution in [0.1, 0.15) is 23.2 Å².